The van der Waals surface area contributed by atoms with Gasteiger partial charge in [0.25, 0.3) is 0 Å². The second kappa shape index (κ2) is 6.48. The van der Waals surface area contributed by atoms with Crippen molar-refractivity contribution in [2.45, 2.75) is 18.9 Å². The maximum atomic E-state index is 12.9. The molecule has 7 heteroatoms. The molecule has 0 fully saturated rings. The van der Waals surface area contributed by atoms with Gasteiger partial charge in [-0.25, -0.2) is 9.18 Å². The topological polar surface area (TPSA) is 104 Å². The Morgan fingerprint density at radius 1 is 1.26 bits per heavy atom. The lowest BCUT2D eigenvalue weighted by Crippen LogP contribution is -2.42. The number of aliphatic carboxylic acids is 2. The highest BCUT2D eigenvalue weighted by atomic mass is 19.1. The number of carbonyl (C=O) groups excluding carboxylic acids is 1. The molecule has 1 amide bonds. The van der Waals surface area contributed by atoms with E-state index in [0.717, 1.165) is 6.07 Å². The van der Waals surface area contributed by atoms with Crippen LogP contribution in [-0.2, 0) is 20.8 Å². The minimum absolute atomic E-state index is 0.221. The molecule has 102 valence electrons. The molecule has 0 saturated heterocycles. The number of nitrogens with one attached hydrogen (secondary N) is 1. The summed E-state index contributed by atoms with van der Waals surface area (Å²) in [6, 6.07) is 3.79. The van der Waals surface area contributed by atoms with Gasteiger partial charge < -0.3 is 15.5 Å². The molecule has 0 saturated carbocycles. The number of hydrogen-bond acceptors (Lipinski definition) is 3. The third-order valence-corrected chi connectivity index (χ3v) is 2.27. The first kappa shape index (κ1) is 14.6. The molecule has 0 heterocycles. The fourth-order valence-electron chi connectivity index (χ4n) is 1.45. The second-order valence-electron chi connectivity index (χ2n) is 3.86. The fourth-order valence-corrected chi connectivity index (χ4v) is 1.45. The zero-order chi connectivity index (χ0) is 14.4. The molecular formula is C12H12FNO5. The first-order valence-corrected chi connectivity index (χ1v) is 5.37. The minimum atomic E-state index is -1.50. The Bertz CT molecular complexity index is 503. The quantitative estimate of drug-likeness (QED) is 0.694. The van der Waals surface area contributed by atoms with Gasteiger partial charge in [0.1, 0.15) is 11.9 Å². The van der Waals surface area contributed by atoms with E-state index in [1.165, 1.54) is 18.2 Å². The number of amides is 1. The summed E-state index contributed by atoms with van der Waals surface area (Å²) in [7, 11) is 0. The summed E-state index contributed by atoms with van der Waals surface area (Å²) in [5, 5.41) is 19.3. The SMILES string of the molecule is O=C(O)C[C@H](NC(=O)Cc1cccc(F)c1)C(=O)O. The monoisotopic (exact) mass is 269 g/mol. The summed E-state index contributed by atoms with van der Waals surface area (Å²) >= 11 is 0. The van der Waals surface area contributed by atoms with Crippen LogP contribution in [0.3, 0.4) is 0 Å². The van der Waals surface area contributed by atoms with Crippen LogP contribution in [0.4, 0.5) is 4.39 Å². The van der Waals surface area contributed by atoms with Crippen LogP contribution in [0.5, 0.6) is 0 Å². The molecule has 0 aliphatic rings. The Labute approximate surface area is 107 Å². The van der Waals surface area contributed by atoms with Gasteiger partial charge >= 0.3 is 11.9 Å². The number of rotatable bonds is 6. The van der Waals surface area contributed by atoms with E-state index in [-0.39, 0.29) is 6.42 Å². The Kier molecular flexibility index (Phi) is 4.99. The highest BCUT2D eigenvalue weighted by Gasteiger charge is 2.22. The largest absolute Gasteiger partial charge is 0.481 e. The molecule has 0 spiro atoms. The lowest BCUT2D eigenvalue weighted by atomic mass is 10.1. The number of halogens is 1. The van der Waals surface area contributed by atoms with Crippen LogP contribution in [0.15, 0.2) is 24.3 Å². The Morgan fingerprint density at radius 2 is 1.95 bits per heavy atom. The van der Waals surface area contributed by atoms with Crippen LogP contribution in [0, 0.1) is 5.82 Å². The summed E-state index contributed by atoms with van der Waals surface area (Å²) in [6.07, 6.45) is -0.939. The lowest BCUT2D eigenvalue weighted by molar-refractivity contribution is -0.147. The Hall–Kier alpha value is -2.44. The molecule has 3 N–H and O–H groups in total. The van der Waals surface area contributed by atoms with Crippen LogP contribution in [0.25, 0.3) is 0 Å². The van der Waals surface area contributed by atoms with E-state index in [1.807, 2.05) is 0 Å². The Balaban J connectivity index is 2.62. The van der Waals surface area contributed by atoms with Crippen molar-refractivity contribution < 1.29 is 29.0 Å². The van der Waals surface area contributed by atoms with Crippen molar-refractivity contribution in [3.63, 3.8) is 0 Å². The van der Waals surface area contributed by atoms with Gasteiger partial charge in [0, 0.05) is 0 Å². The van der Waals surface area contributed by atoms with Gasteiger partial charge in [-0.15, -0.1) is 0 Å². The smallest absolute Gasteiger partial charge is 0.326 e. The van der Waals surface area contributed by atoms with Gasteiger partial charge in [-0.2, -0.15) is 0 Å². The minimum Gasteiger partial charge on any atom is -0.481 e. The van der Waals surface area contributed by atoms with E-state index >= 15 is 0 Å². The average molecular weight is 269 g/mol. The molecule has 19 heavy (non-hydrogen) atoms. The fraction of sp³-hybridized carbons (Fsp3) is 0.250. The van der Waals surface area contributed by atoms with Crippen LogP contribution in [-0.4, -0.2) is 34.1 Å². The number of benzene rings is 1. The Morgan fingerprint density at radius 3 is 2.47 bits per heavy atom. The third-order valence-electron chi connectivity index (χ3n) is 2.27. The highest BCUT2D eigenvalue weighted by Crippen LogP contribution is 2.04. The molecule has 1 atom stereocenters. The predicted octanol–water partition coefficient (Wildman–Crippen LogP) is 0.412. The van der Waals surface area contributed by atoms with Crippen molar-refractivity contribution in [3.8, 4) is 0 Å². The molecule has 1 aromatic rings. The zero-order valence-corrected chi connectivity index (χ0v) is 9.80. The maximum Gasteiger partial charge on any atom is 0.326 e. The first-order valence-electron chi connectivity index (χ1n) is 5.37. The summed E-state index contributed by atoms with van der Waals surface area (Å²) < 4.78 is 12.9. The lowest BCUT2D eigenvalue weighted by Gasteiger charge is -2.12. The van der Waals surface area contributed by atoms with Gasteiger partial charge in [-0.05, 0) is 17.7 Å². The maximum absolute atomic E-state index is 12.9. The number of carboxylic acid groups (broad SMARTS) is 2. The van der Waals surface area contributed by atoms with Crippen molar-refractivity contribution in [2.75, 3.05) is 0 Å². The summed E-state index contributed by atoms with van der Waals surface area (Å²) in [5.41, 5.74) is 0.372. The van der Waals surface area contributed by atoms with E-state index < -0.39 is 36.1 Å². The standard InChI is InChI=1S/C12H12FNO5/c13-8-3-1-2-7(4-8)5-10(15)14-9(12(18)19)6-11(16)17/h1-4,9H,5-6H2,(H,14,15)(H,16,17)(H,18,19)/t9-/m0/s1. The van der Waals surface area contributed by atoms with Crippen molar-refractivity contribution in [3.05, 3.63) is 35.6 Å². The van der Waals surface area contributed by atoms with E-state index in [9.17, 15) is 18.8 Å². The van der Waals surface area contributed by atoms with E-state index in [2.05, 4.69) is 5.32 Å². The molecule has 0 aliphatic heterocycles. The van der Waals surface area contributed by atoms with Crippen molar-refractivity contribution in [2.24, 2.45) is 0 Å². The second-order valence-corrected chi connectivity index (χ2v) is 3.86. The van der Waals surface area contributed by atoms with Crippen LogP contribution in [0.2, 0.25) is 0 Å². The molecule has 0 radical (unpaired) electrons. The molecule has 1 aromatic carbocycles. The highest BCUT2D eigenvalue weighted by molar-refractivity contribution is 5.87. The van der Waals surface area contributed by atoms with Crippen LogP contribution >= 0.6 is 0 Å². The van der Waals surface area contributed by atoms with Gasteiger partial charge in [-0.1, -0.05) is 12.1 Å². The average Bonchev–Trinajstić information content (AvgIpc) is 2.27. The summed E-state index contributed by atoms with van der Waals surface area (Å²) in [4.78, 5) is 32.7. The zero-order valence-electron chi connectivity index (χ0n) is 9.80. The van der Waals surface area contributed by atoms with Gasteiger partial charge in [0.15, 0.2) is 0 Å². The first-order chi connectivity index (χ1) is 8.88. The normalized spacial score (nSPS) is 11.6. The summed E-state index contributed by atoms with van der Waals surface area (Å²) in [5.74, 6) is -3.96. The van der Waals surface area contributed by atoms with Crippen LogP contribution < -0.4 is 5.32 Å². The number of carbonyl (C=O) groups is 3. The molecule has 0 unspecified atom stereocenters. The van der Waals surface area contributed by atoms with E-state index in [4.69, 9.17) is 10.2 Å². The van der Waals surface area contributed by atoms with Gasteiger partial charge in [0.05, 0.1) is 12.8 Å². The molecule has 0 aromatic heterocycles. The van der Waals surface area contributed by atoms with E-state index in [1.54, 1.807) is 0 Å². The van der Waals surface area contributed by atoms with Crippen molar-refractivity contribution in [1.82, 2.24) is 5.32 Å². The molecule has 0 bridgehead atoms. The van der Waals surface area contributed by atoms with Crippen LogP contribution in [0.1, 0.15) is 12.0 Å². The third kappa shape index (κ3) is 5.15. The van der Waals surface area contributed by atoms with Crippen molar-refractivity contribution >= 4 is 17.8 Å². The van der Waals surface area contributed by atoms with Gasteiger partial charge in [-0.3, -0.25) is 9.59 Å². The predicted molar refractivity (Wildman–Crippen MR) is 61.9 cm³/mol. The molecular weight excluding hydrogens is 257 g/mol. The summed E-state index contributed by atoms with van der Waals surface area (Å²) in [6.45, 7) is 0. The van der Waals surface area contributed by atoms with Gasteiger partial charge in [0.2, 0.25) is 5.91 Å². The van der Waals surface area contributed by atoms with Crippen molar-refractivity contribution in [1.29, 1.82) is 0 Å². The number of hydrogen-bond donors (Lipinski definition) is 3. The molecule has 1 rings (SSSR count). The molecule has 0 aliphatic carbocycles. The molecule has 6 nitrogen and oxygen atoms in total. The van der Waals surface area contributed by atoms with E-state index in [0.29, 0.717) is 5.56 Å². The number of carboxylic acids is 2.